The molecule has 4 aliphatic rings. The SMILES string of the molecule is CC1(C)CC2=C(C=O)[C@]34C[C@@]3(C[C@H]2C1)C(=O)OC4O. The summed E-state index contributed by atoms with van der Waals surface area (Å²) in [6, 6.07) is 0. The van der Waals surface area contributed by atoms with Crippen LogP contribution in [-0.4, -0.2) is 23.7 Å². The zero-order chi connectivity index (χ0) is 13.6. The van der Waals surface area contributed by atoms with Crippen LogP contribution in [0, 0.1) is 22.2 Å². The van der Waals surface area contributed by atoms with Crippen molar-refractivity contribution in [2.75, 3.05) is 0 Å². The normalized spacial score (nSPS) is 49.3. The summed E-state index contributed by atoms with van der Waals surface area (Å²) in [5, 5.41) is 10.1. The second-order valence-corrected chi connectivity index (χ2v) is 7.49. The Bertz CT molecular complexity index is 546. The second-order valence-electron chi connectivity index (χ2n) is 7.49. The predicted molar refractivity (Wildman–Crippen MR) is 65.8 cm³/mol. The first kappa shape index (κ1) is 11.6. The molecule has 4 nitrogen and oxygen atoms in total. The molecule has 102 valence electrons. The quantitative estimate of drug-likeness (QED) is 0.575. The summed E-state index contributed by atoms with van der Waals surface area (Å²) < 4.78 is 5.02. The van der Waals surface area contributed by atoms with Gasteiger partial charge in [0.25, 0.3) is 0 Å². The fourth-order valence-corrected chi connectivity index (χ4v) is 5.07. The third-order valence-electron chi connectivity index (χ3n) is 5.84. The van der Waals surface area contributed by atoms with Crippen LogP contribution in [0.1, 0.15) is 39.5 Å². The number of hydrogen-bond donors (Lipinski definition) is 1. The molecule has 19 heavy (non-hydrogen) atoms. The molecule has 0 aromatic carbocycles. The van der Waals surface area contributed by atoms with Gasteiger partial charge in [0.1, 0.15) is 6.29 Å². The number of cyclic esters (lactones) is 1. The van der Waals surface area contributed by atoms with Gasteiger partial charge in [-0.1, -0.05) is 19.4 Å². The van der Waals surface area contributed by atoms with Gasteiger partial charge in [-0.3, -0.25) is 9.59 Å². The predicted octanol–water partition coefficient (Wildman–Crippen LogP) is 1.57. The highest BCUT2D eigenvalue weighted by atomic mass is 16.6. The number of aliphatic hydroxyl groups is 1. The van der Waals surface area contributed by atoms with Crippen molar-refractivity contribution >= 4 is 12.3 Å². The smallest absolute Gasteiger partial charge is 0.315 e. The Hall–Kier alpha value is -1.16. The van der Waals surface area contributed by atoms with E-state index in [4.69, 9.17) is 4.74 Å². The third kappa shape index (κ3) is 1.07. The number of allylic oxidation sites excluding steroid dienone is 1. The lowest BCUT2D eigenvalue weighted by Crippen LogP contribution is -2.31. The summed E-state index contributed by atoms with van der Waals surface area (Å²) in [6.45, 7) is 4.40. The Balaban J connectivity index is 1.90. The fourth-order valence-electron chi connectivity index (χ4n) is 5.07. The molecule has 0 spiro atoms. The average Bonchev–Trinajstić information content (AvgIpc) is 2.83. The zero-order valence-corrected chi connectivity index (χ0v) is 11.2. The van der Waals surface area contributed by atoms with E-state index in [-0.39, 0.29) is 11.4 Å². The number of ether oxygens (including phenoxy) is 1. The molecule has 1 heterocycles. The van der Waals surface area contributed by atoms with Gasteiger partial charge in [0.05, 0.1) is 10.8 Å². The van der Waals surface area contributed by atoms with E-state index in [0.29, 0.717) is 17.9 Å². The lowest BCUT2D eigenvalue weighted by molar-refractivity contribution is -0.164. The average molecular weight is 262 g/mol. The Morgan fingerprint density at radius 2 is 2.11 bits per heavy atom. The Kier molecular flexibility index (Phi) is 1.81. The first-order chi connectivity index (χ1) is 8.86. The summed E-state index contributed by atoms with van der Waals surface area (Å²) in [5.74, 6) is 0.00628. The fraction of sp³-hybridized carbons (Fsp3) is 0.733. The highest BCUT2D eigenvalue weighted by molar-refractivity contribution is 5.93. The molecule has 3 aliphatic carbocycles. The van der Waals surface area contributed by atoms with Crippen LogP contribution in [-0.2, 0) is 14.3 Å². The van der Waals surface area contributed by atoms with Gasteiger partial charge in [0.2, 0.25) is 6.29 Å². The van der Waals surface area contributed by atoms with Crippen LogP contribution in [0.5, 0.6) is 0 Å². The van der Waals surface area contributed by atoms with Crippen LogP contribution >= 0.6 is 0 Å². The van der Waals surface area contributed by atoms with Crippen molar-refractivity contribution in [2.45, 2.75) is 45.8 Å². The maximum Gasteiger partial charge on any atom is 0.315 e. The minimum atomic E-state index is -1.13. The van der Waals surface area contributed by atoms with Crippen molar-refractivity contribution in [3.05, 3.63) is 11.1 Å². The van der Waals surface area contributed by atoms with E-state index in [1.807, 2.05) is 0 Å². The molecule has 1 aliphatic heterocycles. The number of hydrogen-bond acceptors (Lipinski definition) is 4. The van der Waals surface area contributed by atoms with Gasteiger partial charge in [0, 0.05) is 5.57 Å². The lowest BCUT2D eigenvalue weighted by atomic mass is 9.72. The summed E-state index contributed by atoms with van der Waals surface area (Å²) in [6.07, 6.45) is 2.99. The molecule has 0 bridgehead atoms. The maximum atomic E-state index is 12.1. The maximum absolute atomic E-state index is 12.1. The minimum Gasteiger partial charge on any atom is -0.434 e. The standard InChI is InChI=1S/C15H18O4/c1-13(2)3-8-4-14-7-15(14,12(18)19-11(14)17)10(6-16)9(8)5-13/h6,8,12,18H,3-5,7H2,1-2H3/t8-,12?,14+,15+/m1/s1. The molecule has 4 atom stereocenters. The first-order valence-electron chi connectivity index (χ1n) is 6.94. The molecule has 0 amide bonds. The van der Waals surface area contributed by atoms with Crippen LogP contribution in [0.2, 0.25) is 0 Å². The lowest BCUT2D eigenvalue weighted by Gasteiger charge is -2.28. The van der Waals surface area contributed by atoms with Crippen LogP contribution in [0.4, 0.5) is 0 Å². The molecular weight excluding hydrogens is 244 g/mol. The van der Waals surface area contributed by atoms with Gasteiger partial charge in [0.15, 0.2) is 0 Å². The van der Waals surface area contributed by atoms with E-state index >= 15 is 0 Å². The molecule has 0 aromatic rings. The zero-order valence-electron chi connectivity index (χ0n) is 11.2. The van der Waals surface area contributed by atoms with Gasteiger partial charge in [-0.15, -0.1) is 0 Å². The highest BCUT2D eigenvalue weighted by Gasteiger charge is 2.84. The Morgan fingerprint density at radius 3 is 2.79 bits per heavy atom. The molecular formula is C15H18O4. The third-order valence-corrected chi connectivity index (χ3v) is 5.84. The summed E-state index contributed by atoms with van der Waals surface area (Å²) in [7, 11) is 0. The van der Waals surface area contributed by atoms with Crippen molar-refractivity contribution in [3.63, 3.8) is 0 Å². The number of esters is 1. The van der Waals surface area contributed by atoms with E-state index in [2.05, 4.69) is 13.8 Å². The molecule has 0 aromatic heterocycles. The molecule has 4 rings (SSSR count). The molecule has 1 N–H and O–H groups in total. The van der Waals surface area contributed by atoms with Crippen LogP contribution in [0.25, 0.3) is 0 Å². The van der Waals surface area contributed by atoms with Gasteiger partial charge < -0.3 is 9.84 Å². The van der Waals surface area contributed by atoms with Crippen LogP contribution in [0.15, 0.2) is 11.1 Å². The monoisotopic (exact) mass is 262 g/mol. The van der Waals surface area contributed by atoms with Crippen molar-refractivity contribution in [2.24, 2.45) is 22.2 Å². The Morgan fingerprint density at radius 1 is 1.37 bits per heavy atom. The van der Waals surface area contributed by atoms with E-state index in [0.717, 1.165) is 25.5 Å². The number of rotatable bonds is 1. The van der Waals surface area contributed by atoms with Crippen molar-refractivity contribution in [3.8, 4) is 0 Å². The number of aliphatic hydroxyl groups excluding tert-OH is 1. The van der Waals surface area contributed by atoms with Crippen molar-refractivity contribution in [1.29, 1.82) is 0 Å². The Labute approximate surface area is 111 Å². The molecule has 3 fully saturated rings. The molecule has 4 heteroatoms. The molecule has 0 radical (unpaired) electrons. The van der Waals surface area contributed by atoms with Gasteiger partial charge in [-0.2, -0.15) is 0 Å². The van der Waals surface area contributed by atoms with E-state index in [1.54, 1.807) is 0 Å². The summed E-state index contributed by atoms with van der Waals surface area (Å²) in [4.78, 5) is 23.7. The summed E-state index contributed by atoms with van der Waals surface area (Å²) in [5.41, 5.74) is 0.717. The number of fused-ring (bicyclic) bond motifs is 1. The van der Waals surface area contributed by atoms with E-state index in [1.165, 1.54) is 5.57 Å². The topological polar surface area (TPSA) is 63.6 Å². The number of carbonyl (C=O) groups excluding carboxylic acids is 2. The first-order valence-corrected chi connectivity index (χ1v) is 6.94. The second kappa shape index (κ2) is 2.95. The van der Waals surface area contributed by atoms with Crippen LogP contribution < -0.4 is 0 Å². The molecule has 1 unspecified atom stereocenters. The molecule has 1 saturated heterocycles. The molecule has 2 saturated carbocycles. The van der Waals surface area contributed by atoms with E-state index in [9.17, 15) is 14.7 Å². The van der Waals surface area contributed by atoms with Crippen molar-refractivity contribution < 1.29 is 19.4 Å². The van der Waals surface area contributed by atoms with Gasteiger partial charge in [-0.25, -0.2) is 0 Å². The van der Waals surface area contributed by atoms with Crippen molar-refractivity contribution in [1.82, 2.24) is 0 Å². The van der Waals surface area contributed by atoms with E-state index < -0.39 is 17.1 Å². The summed E-state index contributed by atoms with van der Waals surface area (Å²) >= 11 is 0. The number of carbonyl (C=O) groups is 2. The largest absolute Gasteiger partial charge is 0.434 e. The minimum absolute atomic E-state index is 0.182. The van der Waals surface area contributed by atoms with Gasteiger partial charge >= 0.3 is 5.97 Å². The van der Waals surface area contributed by atoms with Crippen LogP contribution in [0.3, 0.4) is 0 Å². The van der Waals surface area contributed by atoms with Gasteiger partial charge in [-0.05, 0) is 37.0 Å². The number of aldehydes is 1. The highest BCUT2D eigenvalue weighted by Crippen LogP contribution is 2.80.